The van der Waals surface area contributed by atoms with Crippen LogP contribution >= 0.6 is 11.3 Å². The summed E-state index contributed by atoms with van der Waals surface area (Å²) in [7, 11) is 0. The maximum Gasteiger partial charge on any atom is 0.160 e. The van der Waals surface area contributed by atoms with Gasteiger partial charge in [0.25, 0.3) is 0 Å². The van der Waals surface area contributed by atoms with Crippen LogP contribution in [-0.2, 0) is 5.41 Å². The van der Waals surface area contributed by atoms with Crippen molar-refractivity contribution in [2.24, 2.45) is 0 Å². The predicted molar refractivity (Wildman–Crippen MR) is 211 cm³/mol. The lowest BCUT2D eigenvalue weighted by Gasteiger charge is -2.36. The molecule has 0 atom stereocenters. The van der Waals surface area contributed by atoms with Crippen molar-refractivity contribution in [2.75, 3.05) is 0 Å². The van der Waals surface area contributed by atoms with Gasteiger partial charge in [0, 0.05) is 42.3 Å². The summed E-state index contributed by atoms with van der Waals surface area (Å²) in [6.07, 6.45) is 6.11. The largest absolute Gasteiger partial charge is 0.228 e. The Hall–Kier alpha value is -5.89. The average Bonchev–Trinajstić information content (AvgIpc) is 3.71. The molecule has 242 valence electrons. The second-order valence-electron chi connectivity index (χ2n) is 13.9. The van der Waals surface area contributed by atoms with E-state index in [1.807, 2.05) is 41.7 Å². The Kier molecular flexibility index (Phi) is 6.98. The Labute approximate surface area is 301 Å². The van der Waals surface area contributed by atoms with Gasteiger partial charge >= 0.3 is 0 Å². The Morgan fingerprint density at radius 3 is 2.10 bits per heavy atom. The quantitative estimate of drug-likeness (QED) is 0.187. The highest BCUT2D eigenvalue weighted by molar-refractivity contribution is 7.26. The van der Waals surface area contributed by atoms with Gasteiger partial charge in [0.2, 0.25) is 0 Å². The van der Waals surface area contributed by atoms with Gasteiger partial charge in [-0.2, -0.15) is 5.26 Å². The van der Waals surface area contributed by atoms with Gasteiger partial charge in [-0.15, -0.1) is 11.3 Å². The number of nitrogens with zero attached hydrogens (tertiary/aromatic N) is 3. The number of hydrogen-bond acceptors (Lipinski definition) is 4. The van der Waals surface area contributed by atoms with Gasteiger partial charge in [0.05, 0.1) is 23.0 Å². The van der Waals surface area contributed by atoms with Gasteiger partial charge in [-0.05, 0) is 76.6 Å². The lowest BCUT2D eigenvalue weighted by Crippen LogP contribution is -2.28. The highest BCUT2D eigenvalue weighted by Crippen LogP contribution is 2.58. The van der Waals surface area contributed by atoms with Crippen molar-refractivity contribution in [3.05, 3.63) is 156 Å². The topological polar surface area (TPSA) is 49.6 Å². The van der Waals surface area contributed by atoms with Gasteiger partial charge < -0.3 is 0 Å². The highest BCUT2D eigenvalue weighted by Gasteiger charge is 2.44. The van der Waals surface area contributed by atoms with E-state index in [9.17, 15) is 5.26 Å². The predicted octanol–water partition coefficient (Wildman–Crippen LogP) is 12.6. The van der Waals surface area contributed by atoms with Crippen molar-refractivity contribution in [3.63, 3.8) is 0 Å². The Morgan fingerprint density at radius 1 is 0.549 bits per heavy atom. The number of nitriles is 1. The summed E-state index contributed by atoms with van der Waals surface area (Å²) in [6, 6.07) is 52.0. The van der Waals surface area contributed by atoms with E-state index >= 15 is 0 Å². The fourth-order valence-corrected chi connectivity index (χ4v) is 9.99. The molecule has 0 unspecified atom stereocenters. The van der Waals surface area contributed by atoms with Crippen molar-refractivity contribution in [1.29, 1.82) is 5.26 Å². The van der Waals surface area contributed by atoms with E-state index in [4.69, 9.17) is 9.97 Å². The van der Waals surface area contributed by atoms with Crippen LogP contribution in [0.3, 0.4) is 0 Å². The molecule has 2 aromatic heterocycles. The van der Waals surface area contributed by atoms with Gasteiger partial charge in [-0.25, -0.2) is 9.97 Å². The van der Waals surface area contributed by atoms with Crippen molar-refractivity contribution in [3.8, 4) is 62.2 Å². The molecule has 3 nitrogen and oxygen atoms in total. The molecule has 2 heterocycles. The van der Waals surface area contributed by atoms with Crippen LogP contribution in [0, 0.1) is 11.3 Å². The van der Waals surface area contributed by atoms with Crippen LogP contribution < -0.4 is 0 Å². The van der Waals surface area contributed by atoms with E-state index in [-0.39, 0.29) is 5.41 Å². The molecule has 51 heavy (non-hydrogen) atoms. The summed E-state index contributed by atoms with van der Waals surface area (Å²) >= 11 is 1.83. The SMILES string of the molecule is N#Cc1ccc2c(c1)-c1c(-c3ccc4sc5c(-c6cc(-c7ccccc7)nc(-c7ccccc7)n6)cccc5c4c3)cccc1C21CCCCC1. The van der Waals surface area contributed by atoms with Crippen molar-refractivity contribution in [1.82, 2.24) is 9.97 Å². The lowest BCUT2D eigenvalue weighted by atomic mass is 9.67. The average molecular weight is 672 g/mol. The number of thiophene rings is 1. The molecule has 6 aromatic carbocycles. The Balaban J connectivity index is 1.15. The molecule has 2 aliphatic carbocycles. The third-order valence-electron chi connectivity index (χ3n) is 11.1. The van der Waals surface area contributed by atoms with E-state index in [1.54, 1.807) is 0 Å². The van der Waals surface area contributed by atoms with Crippen LogP contribution in [0.2, 0.25) is 0 Å². The lowest BCUT2D eigenvalue weighted by molar-refractivity contribution is 0.353. The fourth-order valence-electron chi connectivity index (χ4n) is 8.78. The van der Waals surface area contributed by atoms with Crippen LogP contribution in [0.15, 0.2) is 140 Å². The highest BCUT2D eigenvalue weighted by atomic mass is 32.1. The molecular weight excluding hydrogens is 639 g/mol. The molecule has 1 saturated carbocycles. The van der Waals surface area contributed by atoms with E-state index < -0.39 is 0 Å². The third kappa shape index (κ3) is 4.77. The second kappa shape index (κ2) is 11.9. The molecule has 1 fully saturated rings. The summed E-state index contributed by atoms with van der Waals surface area (Å²) in [4.78, 5) is 10.2. The van der Waals surface area contributed by atoms with Gasteiger partial charge in [0.15, 0.2) is 5.82 Å². The number of aromatic nitrogens is 2. The first-order valence-electron chi connectivity index (χ1n) is 17.8. The minimum atomic E-state index is 0.0374. The fraction of sp³-hybridized carbons (Fsp3) is 0.128. The summed E-state index contributed by atoms with van der Waals surface area (Å²) < 4.78 is 2.48. The molecule has 0 N–H and O–H groups in total. The Bertz CT molecular complexity index is 2620. The van der Waals surface area contributed by atoms with Crippen LogP contribution in [0.5, 0.6) is 0 Å². The van der Waals surface area contributed by atoms with Crippen LogP contribution in [0.25, 0.3) is 76.3 Å². The third-order valence-corrected chi connectivity index (χ3v) is 12.4. The number of benzene rings is 6. The molecule has 0 bridgehead atoms. The summed E-state index contributed by atoms with van der Waals surface area (Å²) in [6.45, 7) is 0. The number of rotatable bonds is 4. The molecule has 1 spiro atoms. The number of fused-ring (bicyclic) bond motifs is 8. The first kappa shape index (κ1) is 30.0. The van der Waals surface area contributed by atoms with Gasteiger partial charge in [0.1, 0.15) is 0 Å². The standard InChI is InChI=1S/C47H33N3S/c48-29-30-20-22-39-38(26-30)44-34(16-11-19-40(44)47(39)24-8-3-9-25-47)33-21-23-43-37(27-33)35-17-10-18-36(45(35)51-43)42-28-41(31-12-4-1-5-13-31)49-46(50-42)32-14-6-2-7-15-32/h1-2,4-7,10-23,26-28H,3,8-9,24-25H2. The van der Waals surface area contributed by atoms with E-state index in [1.165, 1.54) is 85.7 Å². The summed E-state index contributed by atoms with van der Waals surface area (Å²) in [5.74, 6) is 0.723. The molecule has 10 rings (SSSR count). The maximum absolute atomic E-state index is 9.89. The monoisotopic (exact) mass is 671 g/mol. The van der Waals surface area contributed by atoms with Gasteiger partial charge in [-0.1, -0.05) is 128 Å². The van der Waals surface area contributed by atoms with Crippen LogP contribution in [-0.4, -0.2) is 9.97 Å². The Morgan fingerprint density at radius 2 is 1.29 bits per heavy atom. The zero-order chi connectivity index (χ0) is 33.9. The summed E-state index contributed by atoms with van der Waals surface area (Å²) in [5, 5.41) is 12.4. The maximum atomic E-state index is 9.89. The molecular formula is C47H33N3S. The first-order valence-corrected chi connectivity index (χ1v) is 18.7. The molecule has 0 saturated heterocycles. The van der Waals surface area contributed by atoms with Crippen molar-refractivity contribution in [2.45, 2.75) is 37.5 Å². The first-order chi connectivity index (χ1) is 25.2. The molecule has 0 radical (unpaired) electrons. The molecule has 8 aromatic rings. The zero-order valence-electron chi connectivity index (χ0n) is 28.1. The zero-order valence-corrected chi connectivity index (χ0v) is 28.9. The van der Waals surface area contributed by atoms with Crippen molar-refractivity contribution >= 4 is 31.5 Å². The smallest absolute Gasteiger partial charge is 0.160 e. The van der Waals surface area contributed by atoms with Crippen LogP contribution in [0.1, 0.15) is 48.8 Å². The van der Waals surface area contributed by atoms with Crippen LogP contribution in [0.4, 0.5) is 0 Å². The molecule has 0 amide bonds. The molecule has 2 aliphatic rings. The molecule has 4 heteroatoms. The minimum absolute atomic E-state index is 0.0374. The normalized spacial score (nSPS) is 14.4. The second-order valence-corrected chi connectivity index (χ2v) is 15.0. The molecule has 0 aliphatic heterocycles. The minimum Gasteiger partial charge on any atom is -0.228 e. The van der Waals surface area contributed by atoms with E-state index in [0.717, 1.165) is 39.5 Å². The number of hydrogen-bond donors (Lipinski definition) is 0. The van der Waals surface area contributed by atoms with Gasteiger partial charge in [-0.3, -0.25) is 0 Å². The van der Waals surface area contributed by atoms with Crippen molar-refractivity contribution < 1.29 is 0 Å². The van der Waals surface area contributed by atoms with E-state index in [2.05, 4.69) is 115 Å². The van der Waals surface area contributed by atoms with E-state index in [0.29, 0.717) is 0 Å². The summed E-state index contributed by atoms with van der Waals surface area (Å²) in [5.41, 5.74) is 13.6.